The van der Waals surface area contributed by atoms with E-state index in [1.807, 2.05) is 37.4 Å². The average Bonchev–Trinajstić information content (AvgIpc) is 3.03. The number of likely N-dealkylation sites (tertiary alicyclic amines) is 1. The highest BCUT2D eigenvalue weighted by atomic mass is 35.5. The summed E-state index contributed by atoms with van der Waals surface area (Å²) in [5.74, 6) is 0.660. The minimum Gasteiger partial charge on any atom is -0.345 e. The van der Waals surface area contributed by atoms with Gasteiger partial charge < -0.3 is 4.90 Å². The van der Waals surface area contributed by atoms with Crippen LogP contribution in [0.5, 0.6) is 0 Å². The molecule has 2 aromatic carbocycles. The molecule has 1 fully saturated rings. The number of benzene rings is 2. The molecule has 2 aliphatic rings. The van der Waals surface area contributed by atoms with Gasteiger partial charge in [0.2, 0.25) is 5.91 Å². The second-order valence-corrected chi connectivity index (χ2v) is 6.17. The number of rotatable bonds is 1. The molecular formula is C19H18ClNO. The second kappa shape index (κ2) is 6.37. The lowest BCUT2D eigenvalue weighted by Gasteiger charge is -2.09. The molecular weight excluding hydrogens is 294 g/mol. The van der Waals surface area contributed by atoms with Crippen LogP contribution in [0.4, 0.5) is 0 Å². The van der Waals surface area contributed by atoms with Crippen molar-refractivity contribution in [2.45, 2.75) is 12.3 Å². The molecule has 2 bridgehead atoms. The van der Waals surface area contributed by atoms with Crippen molar-refractivity contribution in [2.75, 3.05) is 13.6 Å². The average molecular weight is 312 g/mol. The standard InChI is InChI=1S/C11H13NO.C8H5Cl/c1-12-8-10(7-11(12)13)9-5-3-2-4-6-9;9-8-4-6-1-2-7(3-6)5-8/h2-6,10H,7-8H2,1H3;1-5H. The van der Waals surface area contributed by atoms with Crippen LogP contribution in [0.2, 0.25) is 5.02 Å². The SMILES string of the molecule is CN1CC(c2ccccc2)CC1=O.Clc1cc2cc(c1)C=C2. The van der Waals surface area contributed by atoms with Gasteiger partial charge in [-0.1, -0.05) is 54.1 Å². The first kappa shape index (κ1) is 14.9. The van der Waals surface area contributed by atoms with Crippen molar-refractivity contribution in [1.82, 2.24) is 4.90 Å². The molecule has 1 atom stereocenters. The van der Waals surface area contributed by atoms with E-state index >= 15 is 0 Å². The lowest BCUT2D eigenvalue weighted by molar-refractivity contribution is -0.126. The quantitative estimate of drug-likeness (QED) is 0.650. The Kier molecular flexibility index (Phi) is 4.30. The topological polar surface area (TPSA) is 20.3 Å². The molecule has 4 rings (SSSR count). The number of hydrogen-bond acceptors (Lipinski definition) is 1. The third-order valence-electron chi connectivity index (χ3n) is 4.02. The lowest BCUT2D eigenvalue weighted by atomic mass is 9.99. The Balaban J connectivity index is 0.000000139. The molecule has 0 N–H and O–H groups in total. The van der Waals surface area contributed by atoms with Crippen molar-refractivity contribution in [3.05, 3.63) is 70.2 Å². The molecule has 1 aliphatic heterocycles. The largest absolute Gasteiger partial charge is 0.345 e. The monoisotopic (exact) mass is 311 g/mol. The number of nitrogens with zero attached hydrogens (tertiary/aromatic N) is 1. The van der Waals surface area contributed by atoms with Crippen LogP contribution in [0.15, 0.2) is 48.5 Å². The van der Waals surface area contributed by atoms with Crippen LogP contribution in [0, 0.1) is 0 Å². The Morgan fingerprint density at radius 3 is 2.23 bits per heavy atom. The van der Waals surface area contributed by atoms with Gasteiger partial charge in [-0.25, -0.2) is 0 Å². The minimum absolute atomic E-state index is 0.258. The van der Waals surface area contributed by atoms with Crippen LogP contribution in [0.1, 0.15) is 29.0 Å². The normalized spacial score (nSPS) is 18.4. The second-order valence-electron chi connectivity index (χ2n) is 5.74. The Morgan fingerprint density at radius 2 is 1.68 bits per heavy atom. The van der Waals surface area contributed by atoms with Crippen molar-refractivity contribution >= 4 is 29.7 Å². The lowest BCUT2D eigenvalue weighted by Crippen LogP contribution is -2.18. The summed E-state index contributed by atoms with van der Waals surface area (Å²) in [5, 5.41) is 0.826. The van der Waals surface area contributed by atoms with Gasteiger partial charge in [-0.15, -0.1) is 0 Å². The van der Waals surface area contributed by atoms with Gasteiger partial charge in [0, 0.05) is 31.0 Å². The third-order valence-corrected chi connectivity index (χ3v) is 4.24. The predicted octanol–water partition coefficient (Wildman–Crippen LogP) is 4.46. The first-order valence-corrected chi connectivity index (χ1v) is 7.77. The Labute approximate surface area is 136 Å². The summed E-state index contributed by atoms with van der Waals surface area (Å²) >= 11 is 5.75. The number of halogens is 1. The van der Waals surface area contributed by atoms with Crippen molar-refractivity contribution < 1.29 is 4.79 Å². The van der Waals surface area contributed by atoms with Gasteiger partial charge in [-0.2, -0.15) is 0 Å². The highest BCUT2D eigenvalue weighted by Gasteiger charge is 2.27. The molecule has 0 spiro atoms. The molecule has 1 heterocycles. The first-order chi connectivity index (χ1) is 10.6. The van der Waals surface area contributed by atoms with Gasteiger partial charge in [0.05, 0.1) is 0 Å². The van der Waals surface area contributed by atoms with Crippen LogP contribution >= 0.6 is 11.6 Å². The summed E-state index contributed by atoms with van der Waals surface area (Å²) in [6.45, 7) is 0.864. The summed E-state index contributed by atoms with van der Waals surface area (Å²) in [6, 6.07) is 16.3. The molecule has 0 aromatic heterocycles. The van der Waals surface area contributed by atoms with Crippen LogP contribution < -0.4 is 0 Å². The smallest absolute Gasteiger partial charge is 0.223 e. The van der Waals surface area contributed by atoms with E-state index in [1.165, 1.54) is 16.7 Å². The summed E-state index contributed by atoms with van der Waals surface area (Å²) in [5.41, 5.74) is 3.69. The molecule has 1 saturated heterocycles. The molecule has 2 aromatic rings. The van der Waals surface area contributed by atoms with E-state index in [0.29, 0.717) is 12.3 Å². The number of carbonyl (C=O) groups excluding carboxylic acids is 1. The molecule has 1 amide bonds. The van der Waals surface area contributed by atoms with Crippen molar-refractivity contribution in [3.8, 4) is 0 Å². The molecule has 1 aliphatic carbocycles. The van der Waals surface area contributed by atoms with Gasteiger partial charge in [-0.05, 0) is 34.9 Å². The fourth-order valence-corrected chi connectivity index (χ4v) is 3.08. The highest BCUT2D eigenvalue weighted by Crippen LogP contribution is 2.26. The third kappa shape index (κ3) is 3.40. The molecule has 0 radical (unpaired) electrons. The van der Waals surface area contributed by atoms with Crippen molar-refractivity contribution in [1.29, 1.82) is 0 Å². The zero-order valence-corrected chi connectivity index (χ0v) is 13.3. The van der Waals surface area contributed by atoms with Crippen LogP contribution in [-0.2, 0) is 4.79 Å². The summed E-state index contributed by atoms with van der Waals surface area (Å²) in [6.07, 6.45) is 4.78. The van der Waals surface area contributed by atoms with E-state index in [2.05, 4.69) is 30.4 Å². The Bertz CT molecular complexity index is 684. The van der Waals surface area contributed by atoms with Gasteiger partial charge in [0.25, 0.3) is 0 Å². The Hall–Kier alpha value is -2.06. The zero-order valence-electron chi connectivity index (χ0n) is 12.5. The number of likely N-dealkylation sites (N-methyl/N-ethyl adjacent to an activating group) is 1. The van der Waals surface area contributed by atoms with E-state index < -0.39 is 0 Å². The molecule has 22 heavy (non-hydrogen) atoms. The zero-order chi connectivity index (χ0) is 15.5. The van der Waals surface area contributed by atoms with Crippen LogP contribution in [0.25, 0.3) is 12.2 Å². The maximum Gasteiger partial charge on any atom is 0.223 e. The summed E-state index contributed by atoms with van der Waals surface area (Å²) in [4.78, 5) is 13.1. The fraction of sp³-hybridized carbons (Fsp3) is 0.211. The minimum atomic E-state index is 0.258. The van der Waals surface area contributed by atoms with E-state index in [-0.39, 0.29) is 5.91 Å². The summed E-state index contributed by atoms with van der Waals surface area (Å²) in [7, 11) is 1.87. The number of carbonyl (C=O) groups is 1. The van der Waals surface area contributed by atoms with E-state index in [4.69, 9.17) is 11.6 Å². The van der Waals surface area contributed by atoms with Crippen molar-refractivity contribution in [3.63, 3.8) is 0 Å². The van der Waals surface area contributed by atoms with E-state index in [1.54, 1.807) is 4.90 Å². The molecule has 0 saturated carbocycles. The number of hydrogen-bond donors (Lipinski definition) is 0. The van der Waals surface area contributed by atoms with Gasteiger partial charge in [0.15, 0.2) is 0 Å². The van der Waals surface area contributed by atoms with Crippen LogP contribution in [-0.4, -0.2) is 24.4 Å². The van der Waals surface area contributed by atoms with Gasteiger partial charge in [-0.3, -0.25) is 4.79 Å². The van der Waals surface area contributed by atoms with E-state index in [0.717, 1.165) is 11.6 Å². The molecule has 1 unspecified atom stereocenters. The van der Waals surface area contributed by atoms with Gasteiger partial charge >= 0.3 is 0 Å². The molecule has 112 valence electrons. The molecule has 3 heteroatoms. The fourth-order valence-electron chi connectivity index (χ4n) is 2.83. The highest BCUT2D eigenvalue weighted by molar-refractivity contribution is 6.31. The Morgan fingerprint density at radius 1 is 1.05 bits per heavy atom. The maximum atomic E-state index is 11.3. The molecule has 2 nitrogen and oxygen atoms in total. The van der Waals surface area contributed by atoms with Gasteiger partial charge in [0.1, 0.15) is 0 Å². The van der Waals surface area contributed by atoms with Crippen molar-refractivity contribution in [2.24, 2.45) is 0 Å². The number of amides is 1. The van der Waals surface area contributed by atoms with E-state index in [9.17, 15) is 4.79 Å². The predicted molar refractivity (Wildman–Crippen MR) is 91.8 cm³/mol. The maximum absolute atomic E-state index is 11.3. The first-order valence-electron chi connectivity index (χ1n) is 7.39. The number of fused-ring (bicyclic) bond motifs is 2. The van der Waals surface area contributed by atoms with Crippen LogP contribution in [0.3, 0.4) is 0 Å². The summed E-state index contributed by atoms with van der Waals surface area (Å²) < 4.78 is 0.